The minimum atomic E-state index is -0.435. The largest absolute Gasteiger partial charge is 0.493 e. The van der Waals surface area contributed by atoms with Gasteiger partial charge in [-0.1, -0.05) is 48.5 Å². The van der Waals surface area contributed by atoms with Crippen LogP contribution in [0.4, 0.5) is 0 Å². The van der Waals surface area contributed by atoms with Crippen molar-refractivity contribution in [2.24, 2.45) is 0 Å². The molecule has 2 aromatic carbocycles. The molecule has 6 heteroatoms. The molecule has 28 heavy (non-hydrogen) atoms. The number of hydrogen-bond acceptors (Lipinski definition) is 4. The van der Waals surface area contributed by atoms with Crippen LogP contribution in [0.3, 0.4) is 0 Å². The zero-order valence-corrected chi connectivity index (χ0v) is 15.3. The minimum Gasteiger partial charge on any atom is -0.493 e. The molecule has 1 amide bonds. The van der Waals surface area contributed by atoms with Crippen LogP contribution >= 0.6 is 0 Å². The van der Waals surface area contributed by atoms with Crippen molar-refractivity contribution in [2.75, 3.05) is 7.11 Å². The molecule has 1 unspecified atom stereocenters. The number of para-hydroxylation sites is 1. The maximum atomic E-state index is 13.0. The highest BCUT2D eigenvalue weighted by atomic mass is 16.5. The summed E-state index contributed by atoms with van der Waals surface area (Å²) in [6, 6.07) is 22.4. The smallest absolute Gasteiger partial charge is 0.276 e. The van der Waals surface area contributed by atoms with Crippen LogP contribution in [0.15, 0.2) is 89.7 Å². The normalized spacial score (nSPS) is 11.8. The van der Waals surface area contributed by atoms with Crippen LogP contribution in [0, 0.1) is 0 Å². The number of amides is 1. The monoisotopic (exact) mass is 373 g/mol. The van der Waals surface area contributed by atoms with Gasteiger partial charge in [0.2, 0.25) is 0 Å². The molecule has 0 aliphatic carbocycles. The summed E-state index contributed by atoms with van der Waals surface area (Å²) in [5.41, 5.74) is 1.96. The fourth-order valence-electron chi connectivity index (χ4n) is 3.00. The summed E-state index contributed by atoms with van der Waals surface area (Å²) in [4.78, 5) is 13.0. The van der Waals surface area contributed by atoms with Crippen molar-refractivity contribution in [3.63, 3.8) is 0 Å². The number of carbonyl (C=O) groups is 1. The van der Waals surface area contributed by atoms with Gasteiger partial charge >= 0.3 is 0 Å². The maximum Gasteiger partial charge on any atom is 0.276 e. The summed E-state index contributed by atoms with van der Waals surface area (Å²) in [6.45, 7) is 0. The third-order valence-corrected chi connectivity index (χ3v) is 4.37. The van der Waals surface area contributed by atoms with Gasteiger partial charge in [-0.25, -0.2) is 4.68 Å². The van der Waals surface area contributed by atoms with Crippen LogP contribution in [0.25, 0.3) is 5.69 Å². The van der Waals surface area contributed by atoms with E-state index < -0.39 is 6.04 Å². The molecule has 0 saturated heterocycles. The number of aromatic nitrogens is 2. The van der Waals surface area contributed by atoms with Crippen molar-refractivity contribution in [3.05, 3.63) is 102 Å². The first kappa shape index (κ1) is 17.6. The number of rotatable bonds is 6. The van der Waals surface area contributed by atoms with Gasteiger partial charge in [0.25, 0.3) is 5.91 Å². The fourth-order valence-corrected chi connectivity index (χ4v) is 3.00. The third-order valence-electron chi connectivity index (χ3n) is 4.37. The molecule has 6 nitrogen and oxygen atoms in total. The van der Waals surface area contributed by atoms with Crippen molar-refractivity contribution < 1.29 is 13.9 Å². The summed E-state index contributed by atoms with van der Waals surface area (Å²) in [5, 5.41) is 7.43. The predicted octanol–water partition coefficient (Wildman–Crippen LogP) is 3.99. The molecular weight excluding hydrogens is 354 g/mol. The van der Waals surface area contributed by atoms with Crippen LogP contribution in [-0.2, 0) is 0 Å². The topological polar surface area (TPSA) is 69.3 Å². The van der Waals surface area contributed by atoms with Gasteiger partial charge in [0.1, 0.15) is 11.8 Å². The van der Waals surface area contributed by atoms with Crippen LogP contribution in [-0.4, -0.2) is 22.8 Å². The number of carbonyl (C=O) groups excluding carboxylic acids is 1. The quantitative estimate of drug-likeness (QED) is 0.555. The first-order valence-corrected chi connectivity index (χ1v) is 8.84. The van der Waals surface area contributed by atoms with Gasteiger partial charge in [-0.05, 0) is 29.8 Å². The molecular formula is C22H19N3O3. The summed E-state index contributed by atoms with van der Waals surface area (Å²) in [6.07, 6.45) is 3.27. The van der Waals surface area contributed by atoms with Crippen LogP contribution in [0.5, 0.6) is 5.75 Å². The highest BCUT2D eigenvalue weighted by molar-refractivity contribution is 5.95. The van der Waals surface area contributed by atoms with Crippen molar-refractivity contribution in [1.29, 1.82) is 0 Å². The highest BCUT2D eigenvalue weighted by Gasteiger charge is 2.24. The Labute approximate surface area is 162 Å². The fraction of sp³-hybridized carbons (Fsp3) is 0.0909. The molecule has 0 bridgehead atoms. The van der Waals surface area contributed by atoms with Crippen molar-refractivity contribution in [1.82, 2.24) is 15.1 Å². The predicted molar refractivity (Wildman–Crippen MR) is 105 cm³/mol. The van der Waals surface area contributed by atoms with Gasteiger partial charge in [0.05, 0.1) is 25.3 Å². The molecule has 0 spiro atoms. The molecule has 2 aromatic heterocycles. The third kappa shape index (κ3) is 3.53. The lowest BCUT2D eigenvalue weighted by Crippen LogP contribution is -2.29. The Morgan fingerprint density at radius 3 is 2.39 bits per heavy atom. The molecule has 0 radical (unpaired) electrons. The zero-order chi connectivity index (χ0) is 19.3. The Morgan fingerprint density at radius 1 is 1.04 bits per heavy atom. The van der Waals surface area contributed by atoms with E-state index in [4.69, 9.17) is 9.15 Å². The zero-order valence-electron chi connectivity index (χ0n) is 15.3. The molecule has 2 heterocycles. The number of benzene rings is 2. The Kier molecular flexibility index (Phi) is 4.93. The summed E-state index contributed by atoms with van der Waals surface area (Å²) >= 11 is 0. The molecule has 0 aliphatic rings. The first-order valence-electron chi connectivity index (χ1n) is 8.84. The van der Waals surface area contributed by atoms with E-state index in [2.05, 4.69) is 10.4 Å². The number of furan rings is 1. The van der Waals surface area contributed by atoms with Crippen LogP contribution in [0.2, 0.25) is 0 Å². The SMILES string of the molecule is COc1cn(-c2ccccc2)nc1C(=O)NC(c1ccccc1)c1ccco1. The lowest BCUT2D eigenvalue weighted by molar-refractivity contribution is 0.0930. The van der Waals surface area contributed by atoms with E-state index in [0.717, 1.165) is 11.3 Å². The van der Waals surface area contributed by atoms with Gasteiger partial charge in [-0.15, -0.1) is 0 Å². The van der Waals surface area contributed by atoms with Gasteiger partial charge < -0.3 is 14.5 Å². The molecule has 0 aliphatic heterocycles. The number of hydrogen-bond donors (Lipinski definition) is 1. The van der Waals surface area contributed by atoms with E-state index in [1.807, 2.05) is 66.7 Å². The average molecular weight is 373 g/mol. The lowest BCUT2D eigenvalue weighted by Gasteiger charge is -2.16. The van der Waals surface area contributed by atoms with E-state index in [1.165, 1.54) is 7.11 Å². The van der Waals surface area contributed by atoms with E-state index >= 15 is 0 Å². The maximum absolute atomic E-state index is 13.0. The average Bonchev–Trinajstić information content (AvgIpc) is 3.43. The minimum absolute atomic E-state index is 0.207. The van der Waals surface area contributed by atoms with Crippen molar-refractivity contribution in [2.45, 2.75) is 6.04 Å². The number of nitrogens with one attached hydrogen (secondary N) is 1. The van der Waals surface area contributed by atoms with E-state index in [-0.39, 0.29) is 11.6 Å². The Balaban J connectivity index is 1.66. The highest BCUT2D eigenvalue weighted by Crippen LogP contribution is 2.25. The van der Waals surface area contributed by atoms with Gasteiger partial charge in [0.15, 0.2) is 11.4 Å². The van der Waals surface area contributed by atoms with Crippen LogP contribution < -0.4 is 10.1 Å². The van der Waals surface area contributed by atoms with Gasteiger partial charge in [-0.2, -0.15) is 5.10 Å². The molecule has 1 N–H and O–H groups in total. The van der Waals surface area contributed by atoms with Crippen LogP contribution in [0.1, 0.15) is 27.9 Å². The van der Waals surface area contributed by atoms with E-state index in [0.29, 0.717) is 11.5 Å². The summed E-state index contributed by atoms with van der Waals surface area (Å²) < 4.78 is 12.5. The van der Waals surface area contributed by atoms with Gasteiger partial charge in [-0.3, -0.25) is 4.79 Å². The van der Waals surface area contributed by atoms with Crippen molar-refractivity contribution in [3.8, 4) is 11.4 Å². The Hall–Kier alpha value is -3.80. The van der Waals surface area contributed by atoms with E-state index in [9.17, 15) is 4.79 Å². The second-order valence-electron chi connectivity index (χ2n) is 6.16. The lowest BCUT2D eigenvalue weighted by atomic mass is 10.0. The second-order valence-corrected chi connectivity index (χ2v) is 6.16. The number of ether oxygens (including phenoxy) is 1. The van der Waals surface area contributed by atoms with Gasteiger partial charge in [0, 0.05) is 0 Å². The van der Waals surface area contributed by atoms with E-state index in [1.54, 1.807) is 23.2 Å². The molecule has 4 aromatic rings. The summed E-state index contributed by atoms with van der Waals surface area (Å²) in [5.74, 6) is 0.686. The number of nitrogens with zero attached hydrogens (tertiary/aromatic N) is 2. The molecule has 4 rings (SSSR count). The molecule has 140 valence electrons. The second kappa shape index (κ2) is 7.84. The summed E-state index contributed by atoms with van der Waals surface area (Å²) in [7, 11) is 1.52. The number of methoxy groups -OCH3 is 1. The standard InChI is InChI=1S/C22H19N3O3/c1-27-19-15-25(17-11-6-3-7-12-17)24-21(19)22(26)23-20(18-13-8-14-28-18)16-9-4-2-5-10-16/h2-15,20H,1H3,(H,23,26). The van der Waals surface area contributed by atoms with Crippen molar-refractivity contribution >= 4 is 5.91 Å². The first-order chi connectivity index (χ1) is 13.8. The Bertz CT molecular complexity index is 1040. The molecule has 0 saturated carbocycles. The molecule has 0 fully saturated rings. The Morgan fingerprint density at radius 2 is 1.75 bits per heavy atom. The molecule has 1 atom stereocenters.